The standard InChI is InChI=1S/C20H24N2O3/c1-20(2,3)19(24)22(4)16-10-12-17(13-11-16)25-14-18(23)21-15-8-6-5-7-9-15/h5-13H,14H2,1-4H3,(H,21,23). The quantitative estimate of drug-likeness (QED) is 0.902. The van der Waals surface area contributed by atoms with Gasteiger partial charge in [-0.1, -0.05) is 39.0 Å². The number of carbonyl (C=O) groups excluding carboxylic acids is 2. The van der Waals surface area contributed by atoms with E-state index in [0.29, 0.717) is 5.75 Å². The van der Waals surface area contributed by atoms with Crippen LogP contribution in [0.25, 0.3) is 0 Å². The Morgan fingerprint density at radius 2 is 1.60 bits per heavy atom. The van der Waals surface area contributed by atoms with Crippen molar-refractivity contribution in [2.75, 3.05) is 23.9 Å². The van der Waals surface area contributed by atoms with Gasteiger partial charge in [0.2, 0.25) is 5.91 Å². The van der Waals surface area contributed by atoms with Crippen LogP contribution in [0.4, 0.5) is 11.4 Å². The molecule has 0 saturated heterocycles. The van der Waals surface area contributed by atoms with Crippen molar-refractivity contribution in [3.05, 3.63) is 54.6 Å². The fourth-order valence-corrected chi connectivity index (χ4v) is 2.25. The van der Waals surface area contributed by atoms with Crippen molar-refractivity contribution in [1.82, 2.24) is 0 Å². The Balaban J connectivity index is 1.90. The molecule has 0 saturated carbocycles. The maximum atomic E-state index is 12.3. The minimum atomic E-state index is -0.445. The van der Waals surface area contributed by atoms with E-state index in [2.05, 4.69) is 5.32 Å². The predicted molar refractivity (Wildman–Crippen MR) is 99.9 cm³/mol. The Hall–Kier alpha value is -2.82. The lowest BCUT2D eigenvalue weighted by Crippen LogP contribution is -2.36. The fraction of sp³-hybridized carbons (Fsp3) is 0.300. The molecular weight excluding hydrogens is 316 g/mol. The summed E-state index contributed by atoms with van der Waals surface area (Å²) in [4.78, 5) is 25.8. The van der Waals surface area contributed by atoms with Crippen LogP contribution in [0, 0.1) is 5.41 Å². The average Bonchev–Trinajstić information content (AvgIpc) is 2.59. The highest BCUT2D eigenvalue weighted by Gasteiger charge is 2.25. The van der Waals surface area contributed by atoms with Gasteiger partial charge < -0.3 is 15.0 Å². The number of hydrogen-bond acceptors (Lipinski definition) is 3. The molecule has 5 nitrogen and oxygen atoms in total. The summed E-state index contributed by atoms with van der Waals surface area (Å²) in [6.45, 7) is 5.57. The summed E-state index contributed by atoms with van der Waals surface area (Å²) in [6, 6.07) is 16.3. The number of hydrogen-bond donors (Lipinski definition) is 1. The first-order chi connectivity index (χ1) is 11.8. The first-order valence-corrected chi connectivity index (χ1v) is 8.13. The third-order valence-corrected chi connectivity index (χ3v) is 3.60. The van der Waals surface area contributed by atoms with Crippen LogP contribution in [0.1, 0.15) is 20.8 Å². The fourth-order valence-electron chi connectivity index (χ4n) is 2.25. The van der Waals surface area contributed by atoms with Crippen molar-refractivity contribution in [1.29, 1.82) is 0 Å². The smallest absolute Gasteiger partial charge is 0.262 e. The molecule has 0 radical (unpaired) electrons. The summed E-state index contributed by atoms with van der Waals surface area (Å²) >= 11 is 0. The zero-order valence-corrected chi connectivity index (χ0v) is 15.1. The number of nitrogens with zero attached hydrogens (tertiary/aromatic N) is 1. The SMILES string of the molecule is CN(C(=O)C(C)(C)C)c1ccc(OCC(=O)Nc2ccccc2)cc1. The third-order valence-electron chi connectivity index (χ3n) is 3.60. The Bertz CT molecular complexity index is 719. The molecule has 0 spiro atoms. The van der Waals surface area contributed by atoms with Crippen LogP contribution in [0.2, 0.25) is 0 Å². The van der Waals surface area contributed by atoms with Gasteiger partial charge in [-0.05, 0) is 36.4 Å². The van der Waals surface area contributed by atoms with E-state index in [1.807, 2.05) is 51.1 Å². The maximum Gasteiger partial charge on any atom is 0.262 e. The number of para-hydroxylation sites is 1. The van der Waals surface area contributed by atoms with E-state index in [1.54, 1.807) is 36.2 Å². The van der Waals surface area contributed by atoms with Crippen molar-refractivity contribution >= 4 is 23.2 Å². The molecule has 0 aliphatic rings. The normalized spacial score (nSPS) is 10.9. The minimum Gasteiger partial charge on any atom is -0.484 e. The van der Waals surface area contributed by atoms with E-state index >= 15 is 0 Å². The van der Waals surface area contributed by atoms with E-state index in [0.717, 1.165) is 11.4 Å². The maximum absolute atomic E-state index is 12.3. The number of carbonyl (C=O) groups is 2. The monoisotopic (exact) mass is 340 g/mol. The molecule has 2 aromatic rings. The Kier molecular flexibility index (Phi) is 5.80. The van der Waals surface area contributed by atoms with E-state index < -0.39 is 5.41 Å². The van der Waals surface area contributed by atoms with Crippen molar-refractivity contribution in [3.63, 3.8) is 0 Å². The van der Waals surface area contributed by atoms with Crippen molar-refractivity contribution in [2.24, 2.45) is 5.41 Å². The highest BCUT2D eigenvalue weighted by atomic mass is 16.5. The predicted octanol–water partition coefficient (Wildman–Crippen LogP) is 3.71. The second kappa shape index (κ2) is 7.83. The zero-order chi connectivity index (χ0) is 18.4. The number of ether oxygens (including phenoxy) is 1. The molecule has 2 amide bonds. The van der Waals surface area contributed by atoms with Gasteiger partial charge in [0.25, 0.3) is 5.91 Å². The van der Waals surface area contributed by atoms with E-state index in [1.165, 1.54) is 0 Å². The summed E-state index contributed by atoms with van der Waals surface area (Å²) in [5.41, 5.74) is 1.06. The van der Waals surface area contributed by atoms with Crippen LogP contribution in [-0.4, -0.2) is 25.5 Å². The van der Waals surface area contributed by atoms with Gasteiger partial charge >= 0.3 is 0 Å². The van der Waals surface area contributed by atoms with Gasteiger partial charge in [0.15, 0.2) is 6.61 Å². The third kappa shape index (κ3) is 5.35. The van der Waals surface area contributed by atoms with Gasteiger partial charge in [0.05, 0.1) is 0 Å². The first-order valence-electron chi connectivity index (χ1n) is 8.13. The molecule has 0 fully saturated rings. The molecule has 1 N–H and O–H groups in total. The van der Waals surface area contributed by atoms with Crippen LogP contribution in [0.5, 0.6) is 5.75 Å². The Morgan fingerprint density at radius 3 is 2.16 bits per heavy atom. The summed E-state index contributed by atoms with van der Waals surface area (Å²) in [5.74, 6) is 0.377. The van der Waals surface area contributed by atoms with Crippen LogP contribution < -0.4 is 15.0 Å². The minimum absolute atomic E-state index is 0.0309. The second-order valence-electron chi connectivity index (χ2n) is 6.81. The largest absolute Gasteiger partial charge is 0.484 e. The van der Waals surface area contributed by atoms with Crippen molar-refractivity contribution in [2.45, 2.75) is 20.8 Å². The number of amides is 2. The molecule has 5 heteroatoms. The number of benzene rings is 2. The highest BCUT2D eigenvalue weighted by molar-refractivity contribution is 5.96. The topological polar surface area (TPSA) is 58.6 Å². The van der Waals surface area contributed by atoms with Gasteiger partial charge in [-0.3, -0.25) is 9.59 Å². The molecule has 0 bridgehead atoms. The van der Waals surface area contributed by atoms with Gasteiger partial charge in [-0.25, -0.2) is 0 Å². The average molecular weight is 340 g/mol. The lowest BCUT2D eigenvalue weighted by Gasteiger charge is -2.26. The van der Waals surface area contributed by atoms with Crippen molar-refractivity contribution in [3.8, 4) is 5.75 Å². The summed E-state index contributed by atoms with van der Waals surface area (Å²) in [7, 11) is 1.75. The van der Waals surface area contributed by atoms with Crippen LogP contribution in [0.15, 0.2) is 54.6 Å². The van der Waals surface area contributed by atoms with Crippen molar-refractivity contribution < 1.29 is 14.3 Å². The second-order valence-corrected chi connectivity index (χ2v) is 6.81. The lowest BCUT2D eigenvalue weighted by atomic mass is 9.95. The number of rotatable bonds is 5. The first kappa shape index (κ1) is 18.5. The molecule has 0 aliphatic heterocycles. The molecule has 0 aromatic heterocycles. The van der Waals surface area contributed by atoms with Gasteiger partial charge in [0, 0.05) is 23.8 Å². The molecule has 2 rings (SSSR count). The van der Waals surface area contributed by atoms with Gasteiger partial charge in [-0.15, -0.1) is 0 Å². The molecule has 0 aliphatic carbocycles. The molecule has 0 unspecified atom stereocenters. The Labute approximate surface area is 148 Å². The lowest BCUT2D eigenvalue weighted by molar-refractivity contribution is -0.125. The van der Waals surface area contributed by atoms with E-state index in [-0.39, 0.29) is 18.4 Å². The molecule has 0 heterocycles. The molecule has 132 valence electrons. The summed E-state index contributed by atoms with van der Waals surface area (Å²) < 4.78 is 5.49. The van der Waals surface area contributed by atoms with E-state index in [4.69, 9.17) is 4.74 Å². The highest BCUT2D eigenvalue weighted by Crippen LogP contribution is 2.24. The Morgan fingerprint density at radius 1 is 1.00 bits per heavy atom. The molecule has 25 heavy (non-hydrogen) atoms. The summed E-state index contributed by atoms with van der Waals surface area (Å²) in [5, 5.41) is 2.76. The number of nitrogens with one attached hydrogen (secondary N) is 1. The van der Waals surface area contributed by atoms with Gasteiger partial charge in [-0.2, -0.15) is 0 Å². The van der Waals surface area contributed by atoms with E-state index in [9.17, 15) is 9.59 Å². The van der Waals surface area contributed by atoms with Crippen LogP contribution >= 0.6 is 0 Å². The summed E-state index contributed by atoms with van der Waals surface area (Å²) in [6.07, 6.45) is 0. The molecule has 0 atom stereocenters. The zero-order valence-electron chi connectivity index (χ0n) is 15.1. The van der Waals surface area contributed by atoms with Gasteiger partial charge in [0.1, 0.15) is 5.75 Å². The van der Waals surface area contributed by atoms with Crippen LogP contribution in [0.3, 0.4) is 0 Å². The number of anilines is 2. The molecular formula is C20H24N2O3. The van der Waals surface area contributed by atoms with Crippen LogP contribution in [-0.2, 0) is 9.59 Å². The molecule has 2 aromatic carbocycles.